The molecule has 0 aliphatic heterocycles. The molecule has 0 aliphatic carbocycles. The van der Waals surface area contributed by atoms with Crippen LogP contribution in [0.15, 0.2) is 16.7 Å². The van der Waals surface area contributed by atoms with Gasteiger partial charge in [-0.15, -0.1) is 0 Å². The third kappa shape index (κ3) is 5.77. The van der Waals surface area contributed by atoms with Crippen LogP contribution in [0.2, 0.25) is 0 Å². The smallest absolute Gasteiger partial charge is 0.140 e. The molecule has 0 atom stereocenters. The minimum Gasteiger partial charge on any atom is -0.369 e. The Hall–Kier alpha value is -0.220. The van der Waals surface area contributed by atoms with E-state index >= 15 is 0 Å². The molecule has 1 rings (SSSR count). The van der Waals surface area contributed by atoms with Crippen LogP contribution in [0.5, 0.6) is 0 Å². The molecular weight excluding hydrogens is 296 g/mol. The monoisotopic (exact) mass is 316 g/mol. The lowest BCUT2D eigenvalue weighted by Crippen LogP contribution is -2.04. The van der Waals surface area contributed by atoms with Crippen molar-refractivity contribution in [2.75, 3.05) is 23.9 Å². The van der Waals surface area contributed by atoms with E-state index in [1.165, 1.54) is 37.0 Å². The summed E-state index contributed by atoms with van der Waals surface area (Å²) < 4.78 is 1.09. The van der Waals surface area contributed by atoms with Crippen molar-refractivity contribution in [2.45, 2.75) is 32.6 Å². The van der Waals surface area contributed by atoms with E-state index in [1.54, 1.807) is 0 Å². The van der Waals surface area contributed by atoms with E-state index in [-0.39, 0.29) is 0 Å². The van der Waals surface area contributed by atoms with Crippen molar-refractivity contribution in [3.05, 3.63) is 22.3 Å². The molecule has 0 amide bonds. The number of nitrogens with one attached hydrogen (secondary N) is 1. The number of hydrogen-bond donors (Lipinski definition) is 1. The molecular formula is C13H21BrN2S. The predicted molar refractivity (Wildman–Crippen MR) is 82.0 cm³/mol. The van der Waals surface area contributed by atoms with Gasteiger partial charge in [-0.3, -0.25) is 0 Å². The Labute approximate surface area is 117 Å². The largest absolute Gasteiger partial charge is 0.369 e. The summed E-state index contributed by atoms with van der Waals surface area (Å²) in [5, 5.41) is 3.38. The van der Waals surface area contributed by atoms with Gasteiger partial charge in [0.2, 0.25) is 0 Å². The van der Waals surface area contributed by atoms with E-state index in [1.807, 2.05) is 24.0 Å². The Kier molecular flexibility index (Phi) is 7.69. The molecule has 0 aromatic carbocycles. The number of thioether (sulfide) groups is 1. The van der Waals surface area contributed by atoms with E-state index in [0.29, 0.717) is 0 Å². The van der Waals surface area contributed by atoms with Crippen LogP contribution >= 0.6 is 27.7 Å². The van der Waals surface area contributed by atoms with Crippen LogP contribution in [0, 0.1) is 6.92 Å². The summed E-state index contributed by atoms with van der Waals surface area (Å²) in [6, 6.07) is 2.01. The van der Waals surface area contributed by atoms with Crippen LogP contribution in [0.3, 0.4) is 0 Å². The number of anilines is 1. The predicted octanol–water partition coefficient (Wildman–Crippen LogP) is 4.49. The number of aryl methyl sites for hydroxylation is 1. The summed E-state index contributed by atoms with van der Waals surface area (Å²) in [7, 11) is 0. The molecule has 1 aromatic heterocycles. The van der Waals surface area contributed by atoms with Gasteiger partial charge in [-0.2, -0.15) is 11.8 Å². The first-order chi connectivity index (χ1) is 8.25. The Morgan fingerprint density at radius 1 is 1.29 bits per heavy atom. The second-order valence-corrected chi connectivity index (χ2v) is 5.90. The normalized spacial score (nSPS) is 10.5. The third-order valence-electron chi connectivity index (χ3n) is 2.65. The average molecular weight is 317 g/mol. The first-order valence-electron chi connectivity index (χ1n) is 6.09. The first kappa shape index (κ1) is 14.8. The zero-order chi connectivity index (χ0) is 12.5. The Morgan fingerprint density at radius 3 is 2.82 bits per heavy atom. The van der Waals surface area contributed by atoms with E-state index in [9.17, 15) is 0 Å². The summed E-state index contributed by atoms with van der Waals surface area (Å²) in [4.78, 5) is 4.33. The number of hydrogen-bond acceptors (Lipinski definition) is 3. The SMILES string of the molecule is CSCCCCCCNc1nccc(C)c1Br. The molecule has 0 saturated heterocycles. The molecule has 17 heavy (non-hydrogen) atoms. The lowest BCUT2D eigenvalue weighted by molar-refractivity contribution is 0.688. The fraction of sp³-hybridized carbons (Fsp3) is 0.615. The number of halogens is 1. The van der Waals surface area contributed by atoms with Crippen LogP contribution in [-0.2, 0) is 0 Å². The summed E-state index contributed by atoms with van der Waals surface area (Å²) in [5.74, 6) is 2.26. The van der Waals surface area contributed by atoms with E-state index in [4.69, 9.17) is 0 Å². The quantitative estimate of drug-likeness (QED) is 0.715. The van der Waals surface area contributed by atoms with Crippen LogP contribution in [-0.4, -0.2) is 23.5 Å². The molecule has 0 spiro atoms. The molecule has 1 N–H and O–H groups in total. The van der Waals surface area contributed by atoms with E-state index < -0.39 is 0 Å². The molecule has 4 heteroatoms. The van der Waals surface area contributed by atoms with Gasteiger partial charge in [0.25, 0.3) is 0 Å². The van der Waals surface area contributed by atoms with Crippen molar-refractivity contribution >= 4 is 33.5 Å². The maximum absolute atomic E-state index is 4.33. The van der Waals surface area contributed by atoms with Crippen LogP contribution < -0.4 is 5.32 Å². The van der Waals surface area contributed by atoms with Gasteiger partial charge in [-0.25, -0.2) is 4.98 Å². The highest BCUT2D eigenvalue weighted by Gasteiger charge is 2.02. The topological polar surface area (TPSA) is 24.9 Å². The molecule has 96 valence electrons. The minimum absolute atomic E-state index is 0.967. The van der Waals surface area contributed by atoms with Crippen LogP contribution in [0.25, 0.3) is 0 Å². The minimum atomic E-state index is 0.967. The molecule has 1 aromatic rings. The highest BCUT2D eigenvalue weighted by Crippen LogP contribution is 2.23. The molecule has 0 fully saturated rings. The number of unbranched alkanes of at least 4 members (excludes halogenated alkanes) is 3. The summed E-state index contributed by atoms with van der Waals surface area (Å²) in [6.07, 6.45) is 9.22. The van der Waals surface area contributed by atoms with Gasteiger partial charge in [-0.05, 0) is 59.3 Å². The zero-order valence-electron chi connectivity index (χ0n) is 10.6. The van der Waals surface area contributed by atoms with Crippen molar-refractivity contribution < 1.29 is 0 Å². The molecule has 0 bridgehead atoms. The molecule has 0 unspecified atom stereocenters. The number of pyridine rings is 1. The standard InChI is InChI=1S/C13H21BrN2S/c1-11-7-9-16-13(12(11)14)15-8-5-3-4-6-10-17-2/h7,9H,3-6,8,10H2,1-2H3,(H,15,16). The van der Waals surface area contributed by atoms with Crippen molar-refractivity contribution in [1.82, 2.24) is 4.98 Å². The van der Waals surface area contributed by atoms with Gasteiger partial charge in [-0.1, -0.05) is 12.8 Å². The van der Waals surface area contributed by atoms with E-state index in [0.717, 1.165) is 16.8 Å². The Balaban J connectivity index is 2.16. The van der Waals surface area contributed by atoms with Crippen molar-refractivity contribution in [3.8, 4) is 0 Å². The second kappa shape index (κ2) is 8.81. The zero-order valence-corrected chi connectivity index (χ0v) is 13.0. The number of rotatable bonds is 8. The van der Waals surface area contributed by atoms with E-state index in [2.05, 4.69) is 39.4 Å². The highest BCUT2D eigenvalue weighted by molar-refractivity contribution is 9.10. The van der Waals surface area contributed by atoms with Crippen molar-refractivity contribution in [3.63, 3.8) is 0 Å². The summed E-state index contributed by atoms with van der Waals surface area (Å²) in [6.45, 7) is 3.09. The molecule has 2 nitrogen and oxygen atoms in total. The number of nitrogens with zero attached hydrogens (tertiary/aromatic N) is 1. The maximum Gasteiger partial charge on any atom is 0.140 e. The van der Waals surface area contributed by atoms with Gasteiger partial charge in [0.1, 0.15) is 5.82 Å². The van der Waals surface area contributed by atoms with Crippen molar-refractivity contribution in [1.29, 1.82) is 0 Å². The lowest BCUT2D eigenvalue weighted by Gasteiger charge is -2.08. The van der Waals surface area contributed by atoms with Gasteiger partial charge in [0.15, 0.2) is 0 Å². The van der Waals surface area contributed by atoms with Gasteiger partial charge in [0.05, 0.1) is 4.47 Å². The summed E-state index contributed by atoms with van der Waals surface area (Å²) in [5.41, 5.74) is 1.22. The van der Waals surface area contributed by atoms with Gasteiger partial charge in [0, 0.05) is 12.7 Å². The molecule has 0 radical (unpaired) electrons. The van der Waals surface area contributed by atoms with Crippen LogP contribution in [0.1, 0.15) is 31.2 Å². The van der Waals surface area contributed by atoms with Crippen molar-refractivity contribution in [2.24, 2.45) is 0 Å². The number of aromatic nitrogens is 1. The fourth-order valence-corrected chi connectivity index (χ4v) is 2.46. The van der Waals surface area contributed by atoms with Gasteiger partial charge < -0.3 is 5.32 Å². The average Bonchev–Trinajstić information content (AvgIpc) is 2.33. The highest BCUT2D eigenvalue weighted by atomic mass is 79.9. The molecule has 0 aliphatic rings. The maximum atomic E-state index is 4.33. The third-order valence-corrected chi connectivity index (χ3v) is 4.35. The lowest BCUT2D eigenvalue weighted by atomic mass is 10.2. The van der Waals surface area contributed by atoms with Gasteiger partial charge >= 0.3 is 0 Å². The molecule has 0 saturated carbocycles. The van der Waals surface area contributed by atoms with Crippen LogP contribution in [0.4, 0.5) is 5.82 Å². The first-order valence-corrected chi connectivity index (χ1v) is 8.28. The summed E-state index contributed by atoms with van der Waals surface area (Å²) >= 11 is 5.49. The molecule has 1 heterocycles. The fourth-order valence-electron chi connectivity index (χ4n) is 1.60. The Morgan fingerprint density at radius 2 is 2.06 bits per heavy atom. The Bertz CT molecular complexity index is 331. The second-order valence-electron chi connectivity index (χ2n) is 4.12.